The molecule has 2 unspecified atom stereocenters. The molecule has 0 bridgehead atoms. The molecule has 1 saturated heterocycles. The number of ether oxygens (including phenoxy) is 1. The first kappa shape index (κ1) is 15.3. The van der Waals surface area contributed by atoms with E-state index in [1.54, 1.807) is 0 Å². The van der Waals surface area contributed by atoms with Crippen LogP contribution in [-0.2, 0) is 4.74 Å². The molecule has 0 aromatic carbocycles. The maximum atomic E-state index is 5.56. The van der Waals surface area contributed by atoms with Crippen LogP contribution in [0.2, 0.25) is 0 Å². The predicted octanol–water partition coefficient (Wildman–Crippen LogP) is 2.66. The maximum absolute atomic E-state index is 5.56. The van der Waals surface area contributed by atoms with Crippen molar-refractivity contribution in [2.24, 2.45) is 5.92 Å². The Bertz CT molecular complexity index is 235. The van der Waals surface area contributed by atoms with Crippen molar-refractivity contribution in [3.63, 3.8) is 0 Å². The van der Waals surface area contributed by atoms with Crippen molar-refractivity contribution < 1.29 is 4.74 Å². The largest absolute Gasteiger partial charge is 0.380 e. The number of rotatable bonds is 9. The van der Waals surface area contributed by atoms with Crippen LogP contribution in [0, 0.1) is 5.92 Å². The van der Waals surface area contributed by atoms with Crippen molar-refractivity contribution in [2.45, 2.75) is 57.9 Å². The molecule has 1 aliphatic carbocycles. The van der Waals surface area contributed by atoms with Gasteiger partial charge in [-0.2, -0.15) is 0 Å². The second-order valence-electron chi connectivity index (χ2n) is 6.15. The number of hydrogen-bond donors (Lipinski definition) is 1. The zero-order valence-electron chi connectivity index (χ0n) is 12.7. The molecule has 1 N–H and O–H groups in total. The summed E-state index contributed by atoms with van der Waals surface area (Å²) in [5.41, 5.74) is 0. The van der Waals surface area contributed by atoms with E-state index in [-0.39, 0.29) is 0 Å². The highest BCUT2D eigenvalue weighted by molar-refractivity contribution is 4.89. The molecular weight excluding hydrogens is 236 g/mol. The average Bonchev–Trinajstić information content (AvgIpc) is 2.85. The number of nitrogens with one attached hydrogen (secondary N) is 1. The van der Waals surface area contributed by atoms with E-state index < -0.39 is 0 Å². The van der Waals surface area contributed by atoms with Gasteiger partial charge in [0.2, 0.25) is 0 Å². The van der Waals surface area contributed by atoms with Gasteiger partial charge in [-0.15, -0.1) is 0 Å². The van der Waals surface area contributed by atoms with E-state index in [0.29, 0.717) is 0 Å². The zero-order chi connectivity index (χ0) is 13.3. The van der Waals surface area contributed by atoms with Crippen molar-refractivity contribution >= 4 is 0 Å². The smallest absolute Gasteiger partial charge is 0.0590 e. The zero-order valence-corrected chi connectivity index (χ0v) is 12.7. The van der Waals surface area contributed by atoms with Gasteiger partial charge in [0.25, 0.3) is 0 Å². The molecule has 3 nitrogen and oxygen atoms in total. The lowest BCUT2D eigenvalue weighted by Crippen LogP contribution is -2.39. The first-order valence-electron chi connectivity index (χ1n) is 8.44. The normalized spacial score (nSPS) is 27.6. The second-order valence-corrected chi connectivity index (χ2v) is 6.15. The average molecular weight is 268 g/mol. The minimum atomic E-state index is 0.867. The van der Waals surface area contributed by atoms with Crippen LogP contribution in [0.15, 0.2) is 0 Å². The molecule has 2 fully saturated rings. The SMILES string of the molecule is CCCCOCCNCCN1CCC2CCCCC21. The number of hydrogen-bond acceptors (Lipinski definition) is 3. The van der Waals surface area contributed by atoms with E-state index in [0.717, 1.165) is 38.3 Å². The lowest BCUT2D eigenvalue weighted by molar-refractivity contribution is 0.131. The number of fused-ring (bicyclic) bond motifs is 1. The molecule has 1 saturated carbocycles. The summed E-state index contributed by atoms with van der Waals surface area (Å²) in [5.74, 6) is 1.02. The van der Waals surface area contributed by atoms with Crippen molar-refractivity contribution in [3.8, 4) is 0 Å². The van der Waals surface area contributed by atoms with E-state index >= 15 is 0 Å². The van der Waals surface area contributed by atoms with Crippen LogP contribution in [0.25, 0.3) is 0 Å². The van der Waals surface area contributed by atoms with Crippen molar-refractivity contribution in [2.75, 3.05) is 39.4 Å². The van der Waals surface area contributed by atoms with E-state index in [9.17, 15) is 0 Å². The Morgan fingerprint density at radius 3 is 2.89 bits per heavy atom. The molecule has 0 spiro atoms. The molecule has 19 heavy (non-hydrogen) atoms. The van der Waals surface area contributed by atoms with Crippen molar-refractivity contribution in [3.05, 3.63) is 0 Å². The van der Waals surface area contributed by atoms with Crippen LogP contribution in [-0.4, -0.2) is 50.3 Å². The van der Waals surface area contributed by atoms with Crippen molar-refractivity contribution in [1.82, 2.24) is 10.2 Å². The summed E-state index contributed by atoms with van der Waals surface area (Å²) in [5, 5.41) is 3.52. The molecule has 2 atom stereocenters. The number of nitrogens with zero attached hydrogens (tertiary/aromatic N) is 1. The van der Waals surface area contributed by atoms with E-state index in [4.69, 9.17) is 4.74 Å². The quantitative estimate of drug-likeness (QED) is 0.651. The summed E-state index contributed by atoms with van der Waals surface area (Å²) in [6.45, 7) is 8.70. The summed E-state index contributed by atoms with van der Waals surface area (Å²) in [6, 6.07) is 0.913. The monoisotopic (exact) mass is 268 g/mol. The molecule has 2 aliphatic rings. The molecule has 1 aliphatic heterocycles. The van der Waals surface area contributed by atoms with E-state index in [1.807, 2.05) is 0 Å². The Morgan fingerprint density at radius 1 is 1.11 bits per heavy atom. The van der Waals surface area contributed by atoms with Gasteiger partial charge in [0.15, 0.2) is 0 Å². The van der Waals surface area contributed by atoms with E-state index in [1.165, 1.54) is 58.0 Å². The molecule has 1 heterocycles. The van der Waals surface area contributed by atoms with Gasteiger partial charge in [0.1, 0.15) is 0 Å². The summed E-state index contributed by atoms with van der Waals surface area (Å²) in [4.78, 5) is 2.73. The Balaban J connectivity index is 1.47. The summed E-state index contributed by atoms with van der Waals surface area (Å²) >= 11 is 0. The molecule has 112 valence electrons. The van der Waals surface area contributed by atoms with Crippen LogP contribution >= 0.6 is 0 Å². The highest BCUT2D eigenvalue weighted by Gasteiger charge is 2.34. The Morgan fingerprint density at radius 2 is 2.00 bits per heavy atom. The summed E-state index contributed by atoms with van der Waals surface area (Å²) in [7, 11) is 0. The fourth-order valence-electron chi connectivity index (χ4n) is 3.62. The Kier molecular flexibility index (Phi) is 7.18. The number of unbranched alkanes of at least 4 members (excludes halogenated alkanes) is 1. The summed E-state index contributed by atoms with van der Waals surface area (Å²) < 4.78 is 5.56. The Hall–Kier alpha value is -0.120. The fourth-order valence-corrected chi connectivity index (χ4v) is 3.62. The first-order valence-corrected chi connectivity index (χ1v) is 8.44. The molecule has 3 heteroatoms. The van der Waals surface area contributed by atoms with Gasteiger partial charge < -0.3 is 10.1 Å². The van der Waals surface area contributed by atoms with Crippen LogP contribution in [0.4, 0.5) is 0 Å². The van der Waals surface area contributed by atoms with Gasteiger partial charge in [-0.1, -0.05) is 26.2 Å². The fraction of sp³-hybridized carbons (Fsp3) is 1.00. The highest BCUT2D eigenvalue weighted by Crippen LogP contribution is 2.35. The third-order valence-electron chi connectivity index (χ3n) is 4.77. The first-order chi connectivity index (χ1) is 9.42. The summed E-state index contributed by atoms with van der Waals surface area (Å²) in [6.07, 6.45) is 9.73. The molecule has 0 radical (unpaired) electrons. The Labute approximate surface area is 119 Å². The van der Waals surface area contributed by atoms with Crippen LogP contribution in [0.3, 0.4) is 0 Å². The van der Waals surface area contributed by atoms with Gasteiger partial charge in [0.05, 0.1) is 6.61 Å². The van der Waals surface area contributed by atoms with Gasteiger partial charge in [0, 0.05) is 32.3 Å². The lowest BCUT2D eigenvalue weighted by atomic mass is 9.85. The second kappa shape index (κ2) is 8.93. The molecular formula is C16H32N2O. The topological polar surface area (TPSA) is 24.5 Å². The third kappa shape index (κ3) is 5.05. The van der Waals surface area contributed by atoms with E-state index in [2.05, 4.69) is 17.1 Å². The molecule has 0 amide bonds. The molecule has 0 aromatic rings. The van der Waals surface area contributed by atoms with Crippen LogP contribution in [0.5, 0.6) is 0 Å². The minimum Gasteiger partial charge on any atom is -0.380 e. The third-order valence-corrected chi connectivity index (χ3v) is 4.77. The van der Waals surface area contributed by atoms with Gasteiger partial charge in [-0.25, -0.2) is 0 Å². The van der Waals surface area contributed by atoms with Crippen molar-refractivity contribution in [1.29, 1.82) is 0 Å². The molecule has 2 rings (SSSR count). The predicted molar refractivity (Wildman–Crippen MR) is 80.5 cm³/mol. The molecule has 0 aromatic heterocycles. The maximum Gasteiger partial charge on any atom is 0.0590 e. The van der Waals surface area contributed by atoms with Gasteiger partial charge in [-0.05, 0) is 38.1 Å². The van der Waals surface area contributed by atoms with Gasteiger partial charge >= 0.3 is 0 Å². The van der Waals surface area contributed by atoms with Crippen LogP contribution < -0.4 is 5.32 Å². The highest BCUT2D eigenvalue weighted by atomic mass is 16.5. The van der Waals surface area contributed by atoms with Gasteiger partial charge in [-0.3, -0.25) is 4.90 Å². The number of likely N-dealkylation sites (tertiary alicyclic amines) is 1. The standard InChI is InChI=1S/C16H32N2O/c1-2-3-13-19-14-10-17-9-12-18-11-8-15-6-4-5-7-16(15)18/h15-17H,2-14H2,1H3. The van der Waals surface area contributed by atoms with Crippen LogP contribution in [0.1, 0.15) is 51.9 Å². The lowest BCUT2D eigenvalue weighted by Gasteiger charge is -2.31. The minimum absolute atomic E-state index is 0.867.